The number of aromatic nitrogens is 2. The van der Waals surface area contributed by atoms with Gasteiger partial charge in [-0.05, 0) is 74.2 Å². The van der Waals surface area contributed by atoms with Gasteiger partial charge >= 0.3 is 12.1 Å². The van der Waals surface area contributed by atoms with Crippen LogP contribution in [0.5, 0.6) is 0 Å². The quantitative estimate of drug-likeness (QED) is 0.180. The summed E-state index contributed by atoms with van der Waals surface area (Å²) in [6.45, 7) is 8.27. The van der Waals surface area contributed by atoms with E-state index in [4.69, 9.17) is 9.90 Å². The van der Waals surface area contributed by atoms with Crippen molar-refractivity contribution in [1.29, 1.82) is 0 Å². The van der Waals surface area contributed by atoms with Crippen LogP contribution in [0.1, 0.15) is 58.8 Å². The molecule has 0 aliphatic carbocycles. The predicted molar refractivity (Wildman–Crippen MR) is 163 cm³/mol. The average molecular weight is 631 g/mol. The van der Waals surface area contributed by atoms with Gasteiger partial charge in [0, 0.05) is 52.3 Å². The number of H-pyrrole nitrogens is 1. The monoisotopic (exact) mass is 630 g/mol. The van der Waals surface area contributed by atoms with Crippen molar-refractivity contribution < 1.29 is 32.7 Å². The van der Waals surface area contributed by atoms with E-state index in [0.717, 1.165) is 35.6 Å². The lowest BCUT2D eigenvalue weighted by molar-refractivity contribution is -0.192. The Labute approximate surface area is 255 Å². The fourth-order valence-electron chi connectivity index (χ4n) is 4.90. The number of carbonyl (C=O) groups excluding carboxylic acids is 2. The van der Waals surface area contributed by atoms with E-state index in [1.54, 1.807) is 23.5 Å². The molecule has 3 heterocycles. The number of anilines is 2. The van der Waals surface area contributed by atoms with Crippen LogP contribution in [0, 0.1) is 0 Å². The molecule has 5 rings (SSSR count). The predicted octanol–water partition coefficient (Wildman–Crippen LogP) is 5.58. The average Bonchev–Trinajstić information content (AvgIpc) is 3.66. The van der Waals surface area contributed by atoms with Crippen molar-refractivity contribution in [2.45, 2.75) is 51.5 Å². The third-order valence-electron chi connectivity index (χ3n) is 6.95. The van der Waals surface area contributed by atoms with Gasteiger partial charge in [-0.3, -0.25) is 14.7 Å². The van der Waals surface area contributed by atoms with E-state index >= 15 is 0 Å². The number of aromatic amines is 1. The normalized spacial score (nSPS) is 17.4. The summed E-state index contributed by atoms with van der Waals surface area (Å²) >= 11 is 1.63. The highest BCUT2D eigenvalue weighted by Gasteiger charge is 2.38. The number of carboxylic acids is 1. The fourth-order valence-corrected chi connectivity index (χ4v) is 5.76. The Balaban J connectivity index is 0.000000566. The van der Waals surface area contributed by atoms with E-state index in [2.05, 4.69) is 51.8 Å². The van der Waals surface area contributed by atoms with E-state index in [1.165, 1.54) is 0 Å². The van der Waals surface area contributed by atoms with Crippen molar-refractivity contribution in [2.24, 2.45) is 0 Å². The molecule has 10 nitrogen and oxygen atoms in total. The standard InChI is InChI=1S/C28H32N6O2S.C2HF3O2/c1-4-23(25-6-5-13-37-25)30-28(36)20-9-12-24-22(14-20)26(33-32-24)31-27(35)19-7-10-21(11-8-19)34-15-17(2)29-18(3)16-34;3-2(4,5)1(6)7/h5-14,17-18,23,29H,4,15-16H2,1-3H3,(H,30,36)(H2,31,32,33,35);(H,6,7). The molecule has 2 amide bonds. The Morgan fingerprint density at radius 2 is 1.68 bits per heavy atom. The molecular formula is C30H33F3N6O4S. The third kappa shape index (κ3) is 8.14. The van der Waals surface area contributed by atoms with Gasteiger partial charge in [0.2, 0.25) is 0 Å². The summed E-state index contributed by atoms with van der Waals surface area (Å²) in [6.07, 6.45) is -4.28. The Kier molecular flexibility index (Phi) is 10.3. The summed E-state index contributed by atoms with van der Waals surface area (Å²) in [7, 11) is 0. The molecule has 1 aliphatic rings. The molecule has 1 saturated heterocycles. The molecule has 2 aromatic heterocycles. The molecule has 44 heavy (non-hydrogen) atoms. The van der Waals surface area contributed by atoms with E-state index in [9.17, 15) is 22.8 Å². The van der Waals surface area contributed by atoms with Crippen LogP contribution in [0.15, 0.2) is 60.0 Å². The number of nitrogens with zero attached hydrogens (tertiary/aromatic N) is 2. The van der Waals surface area contributed by atoms with Crippen molar-refractivity contribution >= 4 is 51.5 Å². The van der Waals surface area contributed by atoms with E-state index < -0.39 is 12.1 Å². The van der Waals surface area contributed by atoms with Gasteiger partial charge in [0.1, 0.15) is 0 Å². The number of carboxylic acid groups (broad SMARTS) is 1. The summed E-state index contributed by atoms with van der Waals surface area (Å²) in [5.41, 5.74) is 2.91. The highest BCUT2D eigenvalue weighted by molar-refractivity contribution is 7.10. The SMILES string of the molecule is CCC(NC(=O)c1ccc2[nH]nc(NC(=O)c3ccc(N4CC(C)NC(C)C4)cc3)c2c1)c1cccs1.O=C(O)C(F)(F)F. The highest BCUT2D eigenvalue weighted by Crippen LogP contribution is 2.26. The topological polar surface area (TPSA) is 139 Å². The van der Waals surface area contributed by atoms with Crippen molar-refractivity contribution in [3.8, 4) is 0 Å². The largest absolute Gasteiger partial charge is 0.490 e. The smallest absolute Gasteiger partial charge is 0.475 e. The minimum Gasteiger partial charge on any atom is -0.475 e. The molecule has 5 N–H and O–H groups in total. The summed E-state index contributed by atoms with van der Waals surface area (Å²) < 4.78 is 31.7. The zero-order chi connectivity index (χ0) is 32.0. The fraction of sp³-hybridized carbons (Fsp3) is 0.333. The number of hydrogen-bond acceptors (Lipinski definition) is 7. The number of rotatable bonds is 7. The van der Waals surface area contributed by atoms with Crippen LogP contribution in [0.25, 0.3) is 10.9 Å². The van der Waals surface area contributed by atoms with Crippen LogP contribution in [0.4, 0.5) is 24.7 Å². The first-order valence-electron chi connectivity index (χ1n) is 13.9. The Morgan fingerprint density at radius 3 is 2.25 bits per heavy atom. The number of aliphatic carboxylic acids is 1. The second kappa shape index (κ2) is 13.9. The van der Waals surface area contributed by atoms with E-state index in [1.807, 2.05) is 47.8 Å². The Bertz CT molecular complexity index is 1580. The van der Waals surface area contributed by atoms with Gasteiger partial charge in [-0.1, -0.05) is 13.0 Å². The van der Waals surface area contributed by atoms with Gasteiger partial charge in [0.25, 0.3) is 11.8 Å². The number of piperazine rings is 1. The van der Waals surface area contributed by atoms with Crippen LogP contribution >= 0.6 is 11.3 Å². The summed E-state index contributed by atoms with van der Waals surface area (Å²) in [4.78, 5) is 38.4. The minimum absolute atomic E-state index is 0.0395. The molecule has 0 spiro atoms. The maximum Gasteiger partial charge on any atom is 0.490 e. The molecule has 1 aliphatic heterocycles. The molecule has 14 heteroatoms. The molecule has 0 radical (unpaired) electrons. The summed E-state index contributed by atoms with van der Waals surface area (Å²) in [5, 5.41) is 26.6. The number of nitrogens with one attached hydrogen (secondary N) is 4. The molecule has 1 fully saturated rings. The lowest BCUT2D eigenvalue weighted by atomic mass is 10.1. The maximum absolute atomic E-state index is 13.0. The molecule has 3 atom stereocenters. The number of halogens is 3. The number of hydrogen-bond donors (Lipinski definition) is 5. The van der Waals surface area contributed by atoms with Crippen LogP contribution in [0.2, 0.25) is 0 Å². The first-order valence-corrected chi connectivity index (χ1v) is 14.8. The second-order valence-corrected chi connectivity index (χ2v) is 11.4. The third-order valence-corrected chi connectivity index (χ3v) is 7.94. The maximum atomic E-state index is 13.0. The first kappa shape index (κ1) is 32.5. The van der Waals surface area contributed by atoms with Gasteiger partial charge in [-0.25, -0.2) is 4.79 Å². The first-order chi connectivity index (χ1) is 20.8. The second-order valence-electron chi connectivity index (χ2n) is 10.5. The van der Waals surface area contributed by atoms with Gasteiger partial charge in [-0.2, -0.15) is 18.3 Å². The van der Waals surface area contributed by atoms with Gasteiger partial charge in [0.05, 0.1) is 11.6 Å². The van der Waals surface area contributed by atoms with Gasteiger partial charge < -0.3 is 26.0 Å². The van der Waals surface area contributed by atoms with Crippen molar-refractivity contribution in [2.75, 3.05) is 23.3 Å². The van der Waals surface area contributed by atoms with Crippen molar-refractivity contribution in [1.82, 2.24) is 20.8 Å². The van der Waals surface area contributed by atoms with Crippen LogP contribution in [-0.2, 0) is 4.79 Å². The Morgan fingerprint density at radius 1 is 1.05 bits per heavy atom. The number of benzene rings is 2. The highest BCUT2D eigenvalue weighted by atomic mass is 32.1. The molecule has 4 aromatic rings. The molecular weight excluding hydrogens is 597 g/mol. The lowest BCUT2D eigenvalue weighted by Gasteiger charge is -2.37. The Hall–Kier alpha value is -4.43. The summed E-state index contributed by atoms with van der Waals surface area (Å²) in [6, 6.07) is 17.8. The van der Waals surface area contributed by atoms with Crippen LogP contribution in [-0.4, -0.2) is 64.4 Å². The van der Waals surface area contributed by atoms with E-state index in [-0.39, 0.29) is 17.9 Å². The molecule has 0 saturated carbocycles. The number of carbonyl (C=O) groups is 3. The summed E-state index contributed by atoms with van der Waals surface area (Å²) in [5.74, 6) is -2.77. The van der Waals surface area contributed by atoms with Crippen LogP contribution < -0.4 is 20.9 Å². The minimum atomic E-state index is -5.08. The van der Waals surface area contributed by atoms with Crippen molar-refractivity contribution in [3.05, 3.63) is 76.0 Å². The van der Waals surface area contributed by atoms with Crippen molar-refractivity contribution in [3.63, 3.8) is 0 Å². The zero-order valence-corrected chi connectivity index (χ0v) is 25.1. The number of alkyl halides is 3. The lowest BCUT2D eigenvalue weighted by Crippen LogP contribution is -2.54. The number of amides is 2. The van der Waals surface area contributed by atoms with Gasteiger partial charge in [-0.15, -0.1) is 11.3 Å². The van der Waals surface area contributed by atoms with E-state index in [0.29, 0.717) is 34.4 Å². The zero-order valence-electron chi connectivity index (χ0n) is 24.2. The van der Waals surface area contributed by atoms with Crippen LogP contribution in [0.3, 0.4) is 0 Å². The van der Waals surface area contributed by atoms with Gasteiger partial charge in [0.15, 0.2) is 5.82 Å². The molecule has 3 unspecified atom stereocenters. The number of fused-ring (bicyclic) bond motifs is 1. The molecule has 0 bridgehead atoms. The molecule has 2 aromatic carbocycles. The number of thiophene rings is 1. The molecule has 234 valence electrons.